The van der Waals surface area contributed by atoms with E-state index in [1.54, 1.807) is 6.33 Å². The molecule has 1 fully saturated rings. The molecule has 0 saturated heterocycles. The maximum Gasteiger partial charge on any atom is 0.238 e. The van der Waals surface area contributed by atoms with E-state index in [9.17, 15) is 4.79 Å². The third kappa shape index (κ3) is 2.55. The molecule has 1 saturated carbocycles. The van der Waals surface area contributed by atoms with Crippen molar-refractivity contribution in [3.05, 3.63) is 12.2 Å². The maximum atomic E-state index is 11.9. The number of carbonyl (C=O) groups excluding carboxylic acids is 1. The molecule has 21 heavy (non-hydrogen) atoms. The average molecular weight is 292 g/mol. The number of hydrogen-bond donors (Lipinski definition) is 2. The van der Waals surface area contributed by atoms with E-state index in [-0.39, 0.29) is 5.91 Å². The molecule has 2 unspecified atom stereocenters. The fraction of sp³-hybridized carbons (Fsp3) is 0.786. The van der Waals surface area contributed by atoms with Crippen molar-refractivity contribution in [2.24, 2.45) is 11.7 Å². The van der Waals surface area contributed by atoms with E-state index in [0.29, 0.717) is 5.92 Å². The lowest BCUT2D eigenvalue weighted by Crippen LogP contribution is -2.57. The first-order chi connectivity index (χ1) is 10.2. The first-order valence-electron chi connectivity index (χ1n) is 7.73. The largest absolute Gasteiger partial charge is 0.368 e. The summed E-state index contributed by atoms with van der Waals surface area (Å²) in [5, 5.41) is 11.3. The molecular formula is C14H24N6O. The number of nitrogens with one attached hydrogen (secondary N) is 1. The Morgan fingerprint density at radius 3 is 3.19 bits per heavy atom. The van der Waals surface area contributed by atoms with Gasteiger partial charge < -0.3 is 15.6 Å². The lowest BCUT2D eigenvalue weighted by molar-refractivity contribution is -0.125. The number of likely N-dealkylation sites (N-methyl/N-ethyl adjacent to an activating group) is 1. The summed E-state index contributed by atoms with van der Waals surface area (Å²) in [5.41, 5.74) is 5.15. The number of hydrogen-bond acceptors (Lipinski definition) is 5. The van der Waals surface area contributed by atoms with Crippen molar-refractivity contribution in [1.82, 2.24) is 25.0 Å². The van der Waals surface area contributed by atoms with Crippen LogP contribution < -0.4 is 11.1 Å². The molecule has 3 rings (SSSR count). The zero-order chi connectivity index (χ0) is 14.9. The Kier molecular flexibility index (Phi) is 3.95. The van der Waals surface area contributed by atoms with Gasteiger partial charge in [-0.15, -0.1) is 10.2 Å². The van der Waals surface area contributed by atoms with Gasteiger partial charge in [0.05, 0.1) is 6.54 Å². The molecule has 1 aromatic rings. The van der Waals surface area contributed by atoms with Crippen LogP contribution in [0.4, 0.5) is 0 Å². The Morgan fingerprint density at radius 1 is 1.57 bits per heavy atom. The number of amides is 1. The summed E-state index contributed by atoms with van der Waals surface area (Å²) in [4.78, 5) is 14.3. The van der Waals surface area contributed by atoms with Crippen molar-refractivity contribution < 1.29 is 4.79 Å². The molecule has 2 heterocycles. The van der Waals surface area contributed by atoms with Crippen LogP contribution in [0.2, 0.25) is 0 Å². The van der Waals surface area contributed by atoms with E-state index < -0.39 is 5.54 Å². The molecule has 0 spiro atoms. The fourth-order valence-electron chi connectivity index (χ4n) is 3.89. The third-order valence-electron chi connectivity index (χ3n) is 5.22. The Bertz CT molecular complexity index is 515. The molecule has 3 N–H and O–H groups in total. The minimum Gasteiger partial charge on any atom is -0.368 e. The SMILES string of the molecule is CNC1(C(N)=O)CCCC1CCN1CCn2cnnc2C1. The summed E-state index contributed by atoms with van der Waals surface area (Å²) in [6.45, 7) is 3.78. The number of fused-ring (bicyclic) bond motifs is 1. The van der Waals surface area contributed by atoms with Gasteiger partial charge in [0, 0.05) is 13.1 Å². The first kappa shape index (κ1) is 14.5. The Hall–Kier alpha value is -1.47. The van der Waals surface area contributed by atoms with Crippen LogP contribution >= 0.6 is 0 Å². The fourth-order valence-corrected chi connectivity index (χ4v) is 3.89. The second-order valence-electron chi connectivity index (χ2n) is 6.18. The Labute approximate surface area is 124 Å². The summed E-state index contributed by atoms with van der Waals surface area (Å²) >= 11 is 0. The topological polar surface area (TPSA) is 89.1 Å². The molecule has 7 nitrogen and oxygen atoms in total. The summed E-state index contributed by atoms with van der Waals surface area (Å²) in [6.07, 6.45) is 5.80. The maximum absolute atomic E-state index is 11.9. The molecule has 7 heteroatoms. The van der Waals surface area contributed by atoms with Gasteiger partial charge >= 0.3 is 0 Å². The van der Waals surface area contributed by atoms with Crippen molar-refractivity contribution in [2.75, 3.05) is 20.1 Å². The highest BCUT2D eigenvalue weighted by Gasteiger charge is 2.46. The molecule has 2 aliphatic rings. The monoisotopic (exact) mass is 292 g/mol. The van der Waals surface area contributed by atoms with Crippen molar-refractivity contribution in [3.8, 4) is 0 Å². The van der Waals surface area contributed by atoms with Crippen LogP contribution in [0.1, 0.15) is 31.5 Å². The minimum atomic E-state index is -0.504. The van der Waals surface area contributed by atoms with Crippen LogP contribution in [-0.2, 0) is 17.9 Å². The predicted molar refractivity (Wildman–Crippen MR) is 78.2 cm³/mol. The number of primary amides is 1. The number of rotatable bonds is 5. The summed E-state index contributed by atoms with van der Waals surface area (Å²) in [6, 6.07) is 0. The van der Waals surface area contributed by atoms with Gasteiger partial charge in [0.25, 0.3) is 0 Å². The molecule has 116 valence electrons. The van der Waals surface area contributed by atoms with Crippen LogP contribution in [0.15, 0.2) is 6.33 Å². The van der Waals surface area contributed by atoms with Crippen molar-refractivity contribution in [2.45, 2.75) is 44.3 Å². The van der Waals surface area contributed by atoms with E-state index in [1.165, 1.54) is 0 Å². The van der Waals surface area contributed by atoms with Gasteiger partial charge in [0.1, 0.15) is 17.7 Å². The van der Waals surface area contributed by atoms with E-state index in [2.05, 4.69) is 25.0 Å². The van der Waals surface area contributed by atoms with Crippen molar-refractivity contribution in [1.29, 1.82) is 0 Å². The number of nitrogens with two attached hydrogens (primary N) is 1. The second-order valence-corrected chi connectivity index (χ2v) is 6.18. The number of carbonyl (C=O) groups is 1. The molecule has 2 atom stereocenters. The van der Waals surface area contributed by atoms with Crippen LogP contribution in [0.25, 0.3) is 0 Å². The van der Waals surface area contributed by atoms with Gasteiger partial charge in [0.2, 0.25) is 5.91 Å². The predicted octanol–water partition coefficient (Wildman–Crippen LogP) is -0.273. The lowest BCUT2D eigenvalue weighted by Gasteiger charge is -2.34. The zero-order valence-electron chi connectivity index (χ0n) is 12.6. The molecular weight excluding hydrogens is 268 g/mol. The molecule has 0 bridgehead atoms. The Balaban J connectivity index is 1.59. The lowest BCUT2D eigenvalue weighted by atomic mass is 9.84. The molecule has 1 aromatic heterocycles. The zero-order valence-corrected chi connectivity index (χ0v) is 12.6. The summed E-state index contributed by atoms with van der Waals surface area (Å²) in [7, 11) is 1.85. The molecule has 1 aliphatic carbocycles. The van der Waals surface area contributed by atoms with Gasteiger partial charge in [-0.05, 0) is 38.8 Å². The van der Waals surface area contributed by atoms with Gasteiger partial charge in [-0.25, -0.2) is 0 Å². The highest BCUT2D eigenvalue weighted by molar-refractivity contribution is 5.85. The molecule has 1 aliphatic heterocycles. The normalized spacial score (nSPS) is 29.5. The van der Waals surface area contributed by atoms with E-state index in [1.807, 2.05) is 7.05 Å². The third-order valence-corrected chi connectivity index (χ3v) is 5.22. The number of nitrogens with zero attached hydrogens (tertiary/aromatic N) is 4. The minimum absolute atomic E-state index is 0.203. The van der Waals surface area contributed by atoms with Crippen LogP contribution in [-0.4, -0.2) is 51.2 Å². The second kappa shape index (κ2) is 5.73. The highest BCUT2D eigenvalue weighted by Crippen LogP contribution is 2.37. The smallest absolute Gasteiger partial charge is 0.238 e. The Morgan fingerprint density at radius 2 is 2.43 bits per heavy atom. The van der Waals surface area contributed by atoms with Gasteiger partial charge in [-0.1, -0.05) is 6.42 Å². The van der Waals surface area contributed by atoms with E-state index in [0.717, 1.165) is 57.7 Å². The van der Waals surface area contributed by atoms with E-state index >= 15 is 0 Å². The van der Waals surface area contributed by atoms with Crippen LogP contribution in [0, 0.1) is 5.92 Å². The molecule has 0 aromatic carbocycles. The van der Waals surface area contributed by atoms with Crippen LogP contribution in [0.3, 0.4) is 0 Å². The number of aromatic nitrogens is 3. The molecule has 0 radical (unpaired) electrons. The first-order valence-corrected chi connectivity index (χ1v) is 7.73. The summed E-state index contributed by atoms with van der Waals surface area (Å²) in [5.74, 6) is 1.16. The highest BCUT2D eigenvalue weighted by atomic mass is 16.1. The summed E-state index contributed by atoms with van der Waals surface area (Å²) < 4.78 is 2.10. The quantitative estimate of drug-likeness (QED) is 0.779. The van der Waals surface area contributed by atoms with Crippen molar-refractivity contribution in [3.63, 3.8) is 0 Å². The standard InChI is InChI=1S/C14H24N6O/c1-16-14(13(15)21)5-2-3-11(14)4-6-19-7-8-20-10-17-18-12(20)9-19/h10-11,16H,2-9H2,1H3,(H2,15,21). The van der Waals surface area contributed by atoms with E-state index in [4.69, 9.17) is 5.73 Å². The van der Waals surface area contributed by atoms with Gasteiger partial charge in [0.15, 0.2) is 0 Å². The van der Waals surface area contributed by atoms with Crippen LogP contribution in [0.5, 0.6) is 0 Å². The van der Waals surface area contributed by atoms with Crippen molar-refractivity contribution >= 4 is 5.91 Å². The van der Waals surface area contributed by atoms with Gasteiger partial charge in [-0.2, -0.15) is 0 Å². The van der Waals surface area contributed by atoms with Gasteiger partial charge in [-0.3, -0.25) is 9.69 Å². The average Bonchev–Trinajstić information content (AvgIpc) is 3.11. The molecule has 1 amide bonds.